The first-order valence-corrected chi connectivity index (χ1v) is 31.3. The maximum absolute atomic E-state index is 14.7. The van der Waals surface area contributed by atoms with Crippen molar-refractivity contribution in [2.24, 2.45) is 23.0 Å². The first-order valence-electron chi connectivity index (χ1n) is 29.6. The van der Waals surface area contributed by atoms with E-state index in [0.29, 0.717) is 11.1 Å². The topological polar surface area (TPSA) is 294 Å². The number of alkyl carbamates (subject to hydrolysis) is 1. The van der Waals surface area contributed by atoms with Crippen molar-refractivity contribution in [2.75, 3.05) is 27.2 Å². The van der Waals surface area contributed by atoms with Crippen molar-refractivity contribution < 1.29 is 56.2 Å². The zero-order valence-electron chi connectivity index (χ0n) is 53.5. The van der Waals surface area contributed by atoms with Gasteiger partial charge in [-0.25, -0.2) is 27.5 Å². The summed E-state index contributed by atoms with van der Waals surface area (Å²) in [4.78, 5) is 112. The number of fused-ring (bicyclic) bond motifs is 3. The molecule has 5 atom stereocenters. The number of amides is 9. The van der Waals surface area contributed by atoms with Gasteiger partial charge in [0, 0.05) is 44.1 Å². The lowest BCUT2D eigenvalue weighted by Gasteiger charge is -2.42. The van der Waals surface area contributed by atoms with Gasteiger partial charge in [0.1, 0.15) is 36.4 Å². The molecule has 4 aromatic carbocycles. The Kier molecular flexibility index (Phi) is 24.1. The van der Waals surface area contributed by atoms with Crippen molar-refractivity contribution in [3.05, 3.63) is 143 Å². The number of primary amides is 1. The minimum Gasteiger partial charge on any atom is -0.449 e. The number of hydrogen-bond donors (Lipinski definition) is 7. The fraction of sp³-hybridized carbons (Fsp3) is 0.485. The van der Waals surface area contributed by atoms with Gasteiger partial charge in [-0.3, -0.25) is 28.9 Å². The number of nitrogens with two attached hydrogens (primary N) is 1. The molecule has 5 rings (SSSR count). The van der Waals surface area contributed by atoms with Crippen molar-refractivity contribution in [1.29, 1.82) is 0 Å². The Balaban J connectivity index is 1.21. The van der Waals surface area contributed by atoms with Gasteiger partial charge in [-0.2, -0.15) is 0 Å². The van der Waals surface area contributed by atoms with E-state index in [1.165, 1.54) is 42.0 Å². The highest BCUT2D eigenvalue weighted by Crippen LogP contribution is 2.44. The Morgan fingerprint density at radius 3 is 1.76 bits per heavy atom. The molecule has 21 nitrogen and oxygen atoms in total. The molecule has 0 radical (unpaired) electrons. The summed E-state index contributed by atoms with van der Waals surface area (Å²) in [5, 5.41) is 13.7. The fourth-order valence-electron chi connectivity index (χ4n) is 10.6. The number of carbonyl (C=O) groups excluding carboxylic acids is 8. The number of likely N-dealkylation sites (N-methyl/N-ethyl adjacent to an activating group) is 2. The SMILES string of the molecule is C/C(=C\C(C(C)C)N(C)C(=O)C(NC(=O)C(N(C)C(=O)OC(C)(C)C)C(C)(C)c1ccccc1)C(C)(C)C)C(=O)NS(=O)(=O)Cc1ccc(CNC(=O)C(CCCNC(N)=O)NC(=O)C(NC(=O)OCC2c3ccccc3-c3ccccc32)C(C)C)cc1. The van der Waals surface area contributed by atoms with Crippen molar-refractivity contribution in [2.45, 2.75) is 162 Å². The molecule has 0 saturated carbocycles. The van der Waals surface area contributed by atoms with E-state index in [9.17, 15) is 46.8 Å². The Morgan fingerprint density at radius 1 is 0.670 bits per heavy atom. The number of nitrogens with one attached hydrogen (secondary N) is 6. The van der Waals surface area contributed by atoms with Crippen LogP contribution in [0.2, 0.25) is 0 Å². The van der Waals surface area contributed by atoms with Crippen LogP contribution in [0.3, 0.4) is 0 Å². The standard InChI is InChI=1S/C66H91N9O12S/c1-40(2)52(74(14)60(80)54(64(6,7)8)72-59(79)55(75(15)63(83)87-65(9,10)11)66(12,13)45-24-17-16-18-25-45)36-42(5)56(76)73-88(84,85)39-44-33-31-43(32-34-44)37-69-57(77)51(30-23-35-68-61(67)81)70-58(78)53(41(3)4)71-62(82)86-38-50-48-28-21-19-26-46(48)47-27-20-22-29-49(47)50/h16-22,24-29,31-34,36,40-41,50-55H,23,30,35,37-39H2,1-15H3,(H,69,77)(H,70,78)(H,71,82)(H,72,79)(H,73,76)(H3,67,68,81)/b42-36+. The molecule has 4 aromatic rings. The number of urea groups is 1. The first-order chi connectivity index (χ1) is 41.0. The number of sulfonamides is 1. The van der Waals surface area contributed by atoms with E-state index in [1.807, 2.05) is 107 Å². The molecule has 5 unspecified atom stereocenters. The highest BCUT2D eigenvalue weighted by atomic mass is 32.2. The molecule has 0 heterocycles. The van der Waals surface area contributed by atoms with E-state index in [1.54, 1.807) is 74.6 Å². The average Bonchev–Trinajstić information content (AvgIpc) is 1.71. The predicted octanol–water partition coefficient (Wildman–Crippen LogP) is 7.92. The number of carbonyl (C=O) groups is 8. The molecule has 22 heteroatoms. The summed E-state index contributed by atoms with van der Waals surface area (Å²) in [6, 6.07) is 25.3. The number of ether oxygens (including phenoxy) is 2. The van der Waals surface area contributed by atoms with E-state index in [2.05, 4.69) is 31.3 Å². The number of hydrogen-bond acceptors (Lipinski definition) is 12. The van der Waals surface area contributed by atoms with Crippen LogP contribution in [-0.2, 0) is 61.2 Å². The normalized spacial score (nSPS) is 14.4. The van der Waals surface area contributed by atoms with Gasteiger partial charge in [-0.15, -0.1) is 0 Å². The summed E-state index contributed by atoms with van der Waals surface area (Å²) in [5.74, 6) is -4.71. The summed E-state index contributed by atoms with van der Waals surface area (Å²) >= 11 is 0. The van der Waals surface area contributed by atoms with Gasteiger partial charge in [0.25, 0.3) is 5.91 Å². The molecule has 9 amide bonds. The monoisotopic (exact) mass is 1230 g/mol. The molecule has 478 valence electrons. The lowest BCUT2D eigenvalue weighted by molar-refractivity contribution is -0.141. The van der Waals surface area contributed by atoms with Crippen LogP contribution in [0.15, 0.2) is 115 Å². The average molecular weight is 1230 g/mol. The summed E-state index contributed by atoms with van der Waals surface area (Å²) in [6.07, 6.45) is 0.317. The minimum absolute atomic E-state index is 0.0123. The maximum Gasteiger partial charge on any atom is 0.410 e. The third-order valence-electron chi connectivity index (χ3n) is 15.4. The van der Waals surface area contributed by atoms with Gasteiger partial charge < -0.3 is 46.7 Å². The minimum atomic E-state index is -4.29. The van der Waals surface area contributed by atoms with Gasteiger partial charge in [0.2, 0.25) is 33.7 Å². The van der Waals surface area contributed by atoms with Gasteiger partial charge in [0.05, 0.1) is 11.8 Å². The largest absolute Gasteiger partial charge is 0.449 e. The van der Waals surface area contributed by atoms with Crippen LogP contribution in [0.5, 0.6) is 0 Å². The zero-order chi connectivity index (χ0) is 65.6. The molecular weight excluding hydrogens is 1140 g/mol. The molecule has 0 aliphatic heterocycles. The molecule has 1 aliphatic rings. The second kappa shape index (κ2) is 30.1. The summed E-state index contributed by atoms with van der Waals surface area (Å²) in [7, 11) is -1.26. The highest BCUT2D eigenvalue weighted by Gasteiger charge is 2.46. The third kappa shape index (κ3) is 19.4. The fourth-order valence-corrected chi connectivity index (χ4v) is 11.8. The van der Waals surface area contributed by atoms with Gasteiger partial charge in [-0.05, 0) is 96.7 Å². The molecule has 0 bridgehead atoms. The van der Waals surface area contributed by atoms with Crippen molar-refractivity contribution >= 4 is 57.8 Å². The summed E-state index contributed by atoms with van der Waals surface area (Å²) in [5.41, 5.74) is 8.40. The Hall–Kier alpha value is -8.27. The van der Waals surface area contributed by atoms with E-state index >= 15 is 0 Å². The van der Waals surface area contributed by atoms with E-state index in [-0.39, 0.29) is 49.9 Å². The van der Waals surface area contributed by atoms with Crippen molar-refractivity contribution in [3.8, 4) is 11.1 Å². The Morgan fingerprint density at radius 2 is 1.23 bits per heavy atom. The van der Waals surface area contributed by atoms with E-state index < -0.39 is 116 Å². The van der Waals surface area contributed by atoms with Crippen LogP contribution in [0.1, 0.15) is 137 Å². The molecule has 88 heavy (non-hydrogen) atoms. The van der Waals surface area contributed by atoms with Gasteiger partial charge >= 0.3 is 18.2 Å². The number of benzene rings is 4. The number of nitrogens with zero attached hydrogens (tertiary/aromatic N) is 2. The lowest BCUT2D eigenvalue weighted by Crippen LogP contribution is -2.63. The molecule has 0 spiro atoms. The third-order valence-corrected chi connectivity index (χ3v) is 16.6. The second-order valence-corrected chi connectivity index (χ2v) is 27.6. The van der Waals surface area contributed by atoms with Crippen molar-refractivity contribution in [3.63, 3.8) is 0 Å². The maximum atomic E-state index is 14.7. The molecule has 8 N–H and O–H groups in total. The van der Waals surface area contributed by atoms with Crippen molar-refractivity contribution in [1.82, 2.24) is 41.1 Å². The molecule has 1 aliphatic carbocycles. The van der Waals surface area contributed by atoms with Gasteiger partial charge in [0.15, 0.2) is 0 Å². The lowest BCUT2D eigenvalue weighted by atomic mass is 9.76. The van der Waals surface area contributed by atoms with Crippen LogP contribution in [0.4, 0.5) is 14.4 Å². The summed E-state index contributed by atoms with van der Waals surface area (Å²) < 4.78 is 40.6. The van der Waals surface area contributed by atoms with E-state index in [0.717, 1.165) is 27.8 Å². The number of rotatable bonds is 26. The van der Waals surface area contributed by atoms with Crippen LogP contribution in [0, 0.1) is 17.3 Å². The zero-order valence-corrected chi connectivity index (χ0v) is 54.3. The van der Waals surface area contributed by atoms with Crippen LogP contribution >= 0.6 is 0 Å². The van der Waals surface area contributed by atoms with Crippen LogP contribution in [0.25, 0.3) is 11.1 Å². The Labute approximate surface area is 519 Å². The van der Waals surface area contributed by atoms with Crippen LogP contribution < -0.4 is 37.0 Å². The van der Waals surface area contributed by atoms with E-state index in [4.69, 9.17) is 15.2 Å². The smallest absolute Gasteiger partial charge is 0.410 e. The quantitative estimate of drug-likeness (QED) is 0.0233. The second-order valence-electron chi connectivity index (χ2n) is 25.8. The predicted molar refractivity (Wildman–Crippen MR) is 338 cm³/mol. The molecule has 0 fully saturated rings. The summed E-state index contributed by atoms with van der Waals surface area (Å²) in [6.45, 7) is 23.0. The molecular formula is C66H91N9O12S. The molecule has 0 saturated heterocycles. The van der Waals surface area contributed by atoms with Gasteiger partial charge in [-0.1, -0.05) is 172 Å². The molecule has 0 aromatic heterocycles. The Bertz CT molecular complexity index is 3240. The highest BCUT2D eigenvalue weighted by molar-refractivity contribution is 7.89. The first kappa shape index (κ1) is 70.5. The van der Waals surface area contributed by atoms with Crippen LogP contribution in [-0.4, -0.2) is 129 Å².